The Labute approximate surface area is 90.3 Å². The van der Waals surface area contributed by atoms with Crippen molar-refractivity contribution < 1.29 is 43.0 Å². The fourth-order valence-corrected chi connectivity index (χ4v) is 0. The number of rotatable bonds is 0. The van der Waals surface area contributed by atoms with Crippen molar-refractivity contribution >= 4 is 48.9 Å². The van der Waals surface area contributed by atoms with Crippen LogP contribution in [0.2, 0.25) is 0 Å². The molecule has 0 aromatic rings. The van der Waals surface area contributed by atoms with Crippen LogP contribution in [0.25, 0.3) is 0 Å². The maximum Gasteiger partial charge on any atom is 0 e. The van der Waals surface area contributed by atoms with Crippen LogP contribution >= 0.6 is 0 Å². The Kier molecular flexibility index (Phi) is 925. The van der Waals surface area contributed by atoms with E-state index in [-0.39, 0.29) is 91.9 Å². The van der Waals surface area contributed by atoms with Crippen LogP contribution in [0.5, 0.6) is 0 Å². The van der Waals surface area contributed by atoms with E-state index in [0.717, 1.165) is 0 Å². The van der Waals surface area contributed by atoms with Gasteiger partial charge in [0, 0.05) is 69.9 Å². The van der Waals surface area contributed by atoms with Gasteiger partial charge in [0.25, 0.3) is 0 Å². The second-order valence-corrected chi connectivity index (χ2v) is 0. The zero-order valence-corrected chi connectivity index (χ0v) is 9.56. The molecule has 8 N–H and O–H groups in total. The molecule has 2 radical (unpaired) electrons. The Morgan fingerprint density at radius 1 is 0.500 bits per heavy atom. The molecule has 0 fully saturated rings. The van der Waals surface area contributed by atoms with Crippen LogP contribution in [-0.2, 0) is 21.1 Å². The van der Waals surface area contributed by atoms with Gasteiger partial charge in [0.1, 0.15) is 0 Å². The van der Waals surface area contributed by atoms with Crippen molar-refractivity contribution in [2.24, 2.45) is 0 Å². The summed E-state index contributed by atoms with van der Waals surface area (Å²) in [6, 6.07) is 0. The summed E-state index contributed by atoms with van der Waals surface area (Å²) in [7, 11) is 0. The van der Waals surface area contributed by atoms with Crippen LogP contribution in [-0.4, -0.2) is 70.8 Å². The summed E-state index contributed by atoms with van der Waals surface area (Å²) in [6.45, 7) is 0. The maximum absolute atomic E-state index is 0. The van der Waals surface area contributed by atoms with Crippen molar-refractivity contribution in [3.05, 3.63) is 0 Å². The van der Waals surface area contributed by atoms with Gasteiger partial charge in [-0.15, -0.1) is 0 Å². The fourth-order valence-electron chi connectivity index (χ4n) is 0. The largest absolute Gasteiger partial charge is 0.412 e. The Balaban J connectivity index is 0. The monoisotopic (exact) mass is 308 g/mol. The van der Waals surface area contributed by atoms with E-state index >= 15 is 0 Å². The van der Waals surface area contributed by atoms with Crippen molar-refractivity contribution in [3.8, 4) is 0 Å². The summed E-state index contributed by atoms with van der Waals surface area (Å²) in [4.78, 5) is 0. The van der Waals surface area contributed by atoms with E-state index in [9.17, 15) is 0 Å². The zero-order valence-electron chi connectivity index (χ0n) is 3.12. The van der Waals surface area contributed by atoms with Crippen molar-refractivity contribution in [1.29, 1.82) is 0 Å². The third-order valence-electron chi connectivity index (χ3n) is 0. The normalized spacial score (nSPS) is 0. The summed E-state index contributed by atoms with van der Waals surface area (Å²) in [5, 5.41) is 0. The molecule has 0 bridgehead atoms. The average molecular weight is 305 g/mol. The molecule has 0 aromatic heterocycles. The van der Waals surface area contributed by atoms with Crippen LogP contribution in [0.1, 0.15) is 0 Å². The first-order chi connectivity index (χ1) is 0. The van der Waals surface area contributed by atoms with Crippen molar-refractivity contribution in [2.75, 3.05) is 0 Å². The predicted octanol–water partition coefficient (Wildman–Crippen LogP) is -3.68. The molecule has 0 aliphatic heterocycles. The Bertz CT molecular complexity index is 7.51. The Hall–Kier alpha value is 2.10. The first-order valence-corrected chi connectivity index (χ1v) is 0. The van der Waals surface area contributed by atoms with Gasteiger partial charge in [-0.25, -0.2) is 0 Å². The van der Waals surface area contributed by atoms with E-state index in [1.807, 2.05) is 0 Å². The van der Waals surface area contributed by atoms with Gasteiger partial charge in [0.05, 0.1) is 0 Å². The average Bonchev–Trinajstić information content (AvgIpc) is 0. The molecule has 0 rings (SSSR count). The van der Waals surface area contributed by atoms with Gasteiger partial charge in [-0.2, -0.15) is 0 Å². The smallest absolute Gasteiger partial charge is 0 e. The minimum absolute atomic E-state index is 0. The molecular formula is H8BaMoO4. The van der Waals surface area contributed by atoms with Gasteiger partial charge in [-0.3, -0.25) is 0 Å². The molecule has 0 aliphatic carbocycles. The van der Waals surface area contributed by atoms with Crippen LogP contribution in [0.15, 0.2) is 0 Å². The molecule has 40 valence electrons. The Morgan fingerprint density at radius 3 is 0.500 bits per heavy atom. The van der Waals surface area contributed by atoms with Crippen LogP contribution < -0.4 is 0 Å². The molecule has 0 amide bonds. The molecule has 0 aromatic carbocycles. The summed E-state index contributed by atoms with van der Waals surface area (Å²) >= 11 is 0. The number of hydrogen-bond donors (Lipinski definition) is 0. The molecule has 0 spiro atoms. The SMILES string of the molecule is O.O.O.O.[Ba].[Mo]. The summed E-state index contributed by atoms with van der Waals surface area (Å²) < 4.78 is 0. The second kappa shape index (κ2) is 59.9. The first kappa shape index (κ1) is 92.6. The van der Waals surface area contributed by atoms with Crippen molar-refractivity contribution in [2.45, 2.75) is 0 Å². The van der Waals surface area contributed by atoms with Gasteiger partial charge < -0.3 is 21.9 Å². The zero-order chi connectivity index (χ0) is 0. The molecule has 0 atom stereocenters. The van der Waals surface area contributed by atoms with Crippen LogP contribution in [0, 0.1) is 0 Å². The van der Waals surface area contributed by atoms with E-state index in [1.54, 1.807) is 0 Å². The minimum atomic E-state index is 0. The topological polar surface area (TPSA) is 126 Å². The molecule has 0 aliphatic rings. The fraction of sp³-hybridized carbons (Fsp3) is 0. The Morgan fingerprint density at radius 2 is 0.500 bits per heavy atom. The van der Waals surface area contributed by atoms with Gasteiger partial charge in [0.15, 0.2) is 0 Å². The van der Waals surface area contributed by atoms with E-state index in [1.165, 1.54) is 0 Å². The molecule has 0 heterocycles. The van der Waals surface area contributed by atoms with E-state index < -0.39 is 0 Å². The molecule has 0 saturated carbocycles. The standard InChI is InChI=1S/Ba.Mo.4H2O/h;;4*1H2. The maximum atomic E-state index is 0. The molecule has 0 saturated heterocycles. The molecule has 4 nitrogen and oxygen atoms in total. The molecule has 6 heteroatoms. The molecule has 0 unspecified atom stereocenters. The third kappa shape index (κ3) is 36.0. The van der Waals surface area contributed by atoms with Gasteiger partial charge in [-0.1, -0.05) is 0 Å². The predicted molar refractivity (Wildman–Crippen MR) is 20.2 cm³/mol. The number of hydrogen-bond acceptors (Lipinski definition) is 0. The van der Waals surface area contributed by atoms with Crippen LogP contribution in [0.4, 0.5) is 0 Å². The van der Waals surface area contributed by atoms with Crippen molar-refractivity contribution in [3.63, 3.8) is 0 Å². The van der Waals surface area contributed by atoms with E-state index in [4.69, 9.17) is 0 Å². The second-order valence-electron chi connectivity index (χ2n) is 0. The quantitative estimate of drug-likeness (QED) is 0.409. The van der Waals surface area contributed by atoms with Gasteiger partial charge >= 0.3 is 0 Å². The first-order valence-electron chi connectivity index (χ1n) is 0. The van der Waals surface area contributed by atoms with Gasteiger partial charge in [-0.05, 0) is 0 Å². The van der Waals surface area contributed by atoms with Crippen LogP contribution in [0.3, 0.4) is 0 Å². The summed E-state index contributed by atoms with van der Waals surface area (Å²) in [5.74, 6) is 0. The van der Waals surface area contributed by atoms with Crippen molar-refractivity contribution in [1.82, 2.24) is 0 Å². The summed E-state index contributed by atoms with van der Waals surface area (Å²) in [6.07, 6.45) is 0. The minimum Gasteiger partial charge on any atom is -0.412 e. The summed E-state index contributed by atoms with van der Waals surface area (Å²) in [5.41, 5.74) is 0. The molecular weight excluding hydrogens is 297 g/mol. The van der Waals surface area contributed by atoms with E-state index in [2.05, 4.69) is 0 Å². The third-order valence-corrected chi connectivity index (χ3v) is 0. The van der Waals surface area contributed by atoms with E-state index in [0.29, 0.717) is 0 Å². The van der Waals surface area contributed by atoms with Gasteiger partial charge in [0.2, 0.25) is 0 Å². The molecule has 6 heavy (non-hydrogen) atoms.